The van der Waals surface area contributed by atoms with Crippen molar-refractivity contribution in [1.29, 1.82) is 0 Å². The number of carbonyl (C=O) groups is 1. The predicted octanol–water partition coefficient (Wildman–Crippen LogP) is 5.64. The molecule has 0 aliphatic heterocycles. The van der Waals surface area contributed by atoms with Crippen molar-refractivity contribution in [2.45, 2.75) is 20.8 Å². The Bertz CT molecular complexity index is 1290. The average molecular weight is 459 g/mol. The molecule has 4 aromatic rings. The number of halogens is 1. The minimum absolute atomic E-state index is 0.216. The molecule has 0 saturated carbocycles. The summed E-state index contributed by atoms with van der Waals surface area (Å²) in [5.74, 6) is 1.06. The summed E-state index contributed by atoms with van der Waals surface area (Å²) in [5.41, 5.74) is 5.58. The van der Waals surface area contributed by atoms with Gasteiger partial charge in [-0.15, -0.1) is 10.2 Å². The molecule has 0 radical (unpaired) electrons. The van der Waals surface area contributed by atoms with E-state index in [-0.39, 0.29) is 5.91 Å². The Morgan fingerprint density at radius 3 is 2.21 bits per heavy atom. The molecule has 0 bridgehead atoms. The largest absolute Gasteiger partial charge is 0.339 e. The van der Waals surface area contributed by atoms with Crippen LogP contribution in [0.4, 0.5) is 17.2 Å². The summed E-state index contributed by atoms with van der Waals surface area (Å²) in [5, 5.41) is 19.7. The molecule has 0 aliphatic rings. The molecular weight excluding hydrogens is 436 g/mol. The van der Waals surface area contributed by atoms with Crippen molar-refractivity contribution in [1.82, 2.24) is 20.0 Å². The van der Waals surface area contributed by atoms with E-state index in [0.29, 0.717) is 22.3 Å². The Morgan fingerprint density at radius 1 is 0.909 bits per heavy atom. The van der Waals surface area contributed by atoms with E-state index in [9.17, 15) is 4.79 Å². The van der Waals surface area contributed by atoms with Crippen molar-refractivity contribution in [3.63, 3.8) is 0 Å². The number of hydrogen-bond acceptors (Lipinski definition) is 5. The summed E-state index contributed by atoms with van der Waals surface area (Å²) in [6.07, 6.45) is 3.22. The van der Waals surface area contributed by atoms with Gasteiger partial charge in [0.05, 0.1) is 5.69 Å². The van der Waals surface area contributed by atoms with Crippen LogP contribution in [0.15, 0.2) is 66.7 Å². The van der Waals surface area contributed by atoms with E-state index in [1.54, 1.807) is 22.9 Å². The van der Waals surface area contributed by atoms with Gasteiger partial charge in [-0.1, -0.05) is 23.7 Å². The van der Waals surface area contributed by atoms with Crippen LogP contribution >= 0.6 is 11.6 Å². The van der Waals surface area contributed by atoms with Gasteiger partial charge in [0.15, 0.2) is 11.6 Å². The smallest absolute Gasteiger partial charge is 0.248 e. The molecule has 0 spiro atoms. The molecule has 4 rings (SSSR count). The highest BCUT2D eigenvalue weighted by molar-refractivity contribution is 6.30. The lowest BCUT2D eigenvalue weighted by Crippen LogP contribution is -2.07. The van der Waals surface area contributed by atoms with E-state index in [1.807, 2.05) is 69.3 Å². The van der Waals surface area contributed by atoms with Gasteiger partial charge in [0, 0.05) is 28.2 Å². The van der Waals surface area contributed by atoms with Gasteiger partial charge in [-0.3, -0.25) is 4.79 Å². The topological polar surface area (TPSA) is 84.7 Å². The molecule has 2 aromatic heterocycles. The van der Waals surface area contributed by atoms with Crippen molar-refractivity contribution < 1.29 is 4.79 Å². The minimum atomic E-state index is -0.216. The van der Waals surface area contributed by atoms with Crippen molar-refractivity contribution in [3.8, 4) is 5.82 Å². The summed E-state index contributed by atoms with van der Waals surface area (Å²) >= 11 is 5.87. The number of benzene rings is 2. The monoisotopic (exact) mass is 458 g/mol. The number of hydrogen-bond donors (Lipinski definition) is 2. The maximum absolute atomic E-state index is 12.2. The van der Waals surface area contributed by atoms with Gasteiger partial charge >= 0.3 is 0 Å². The molecule has 0 atom stereocenters. The average Bonchev–Trinajstić information content (AvgIpc) is 3.08. The van der Waals surface area contributed by atoms with Gasteiger partial charge in [0.1, 0.15) is 0 Å². The molecule has 1 amide bonds. The summed E-state index contributed by atoms with van der Waals surface area (Å²) in [6, 6.07) is 18.3. The van der Waals surface area contributed by atoms with Crippen LogP contribution in [0.1, 0.15) is 22.5 Å². The number of aromatic nitrogens is 4. The number of carbonyl (C=O) groups excluding carboxylic acids is 1. The fourth-order valence-electron chi connectivity index (χ4n) is 3.16. The first kappa shape index (κ1) is 22.2. The molecule has 0 aliphatic carbocycles. The van der Waals surface area contributed by atoms with Gasteiger partial charge in [0.25, 0.3) is 0 Å². The molecule has 2 aromatic carbocycles. The van der Waals surface area contributed by atoms with Crippen LogP contribution in [0, 0.1) is 20.8 Å². The van der Waals surface area contributed by atoms with Crippen molar-refractivity contribution in [2.24, 2.45) is 0 Å². The quantitative estimate of drug-likeness (QED) is 0.365. The molecule has 2 heterocycles. The van der Waals surface area contributed by atoms with Gasteiger partial charge < -0.3 is 10.6 Å². The van der Waals surface area contributed by atoms with Crippen LogP contribution in [0.5, 0.6) is 0 Å². The van der Waals surface area contributed by atoms with Crippen LogP contribution < -0.4 is 10.6 Å². The van der Waals surface area contributed by atoms with Gasteiger partial charge in [-0.05, 0) is 86.5 Å². The maximum atomic E-state index is 12.2. The summed E-state index contributed by atoms with van der Waals surface area (Å²) in [4.78, 5) is 12.2. The molecule has 2 N–H and O–H groups in total. The highest BCUT2D eigenvalue weighted by atomic mass is 35.5. The second-order valence-electron chi connectivity index (χ2n) is 7.56. The standard InChI is InChI=1S/C25H23ClN6O/c1-16-17(2)31-32(18(16)3)24-14-13-23(29-30-24)27-21-9-11-22(12-10-21)28-25(33)15-6-19-4-7-20(26)8-5-19/h4-15H,1-3H3,(H,27,29)(H,28,33)/b15-6+. The third kappa shape index (κ3) is 5.45. The lowest BCUT2D eigenvalue weighted by Gasteiger charge is -2.08. The number of anilines is 3. The van der Waals surface area contributed by atoms with E-state index in [0.717, 1.165) is 28.2 Å². The fraction of sp³-hybridized carbons (Fsp3) is 0.120. The first-order valence-corrected chi connectivity index (χ1v) is 10.8. The van der Waals surface area contributed by atoms with Crippen molar-refractivity contribution in [3.05, 3.63) is 94.3 Å². The van der Waals surface area contributed by atoms with Gasteiger partial charge in [-0.2, -0.15) is 5.10 Å². The fourth-order valence-corrected chi connectivity index (χ4v) is 3.29. The minimum Gasteiger partial charge on any atom is -0.339 e. The Balaban J connectivity index is 1.36. The van der Waals surface area contributed by atoms with Crippen LogP contribution in [0.25, 0.3) is 11.9 Å². The zero-order valence-electron chi connectivity index (χ0n) is 18.5. The molecule has 7 nitrogen and oxygen atoms in total. The lowest BCUT2D eigenvalue weighted by molar-refractivity contribution is -0.111. The predicted molar refractivity (Wildman–Crippen MR) is 132 cm³/mol. The van der Waals surface area contributed by atoms with Crippen LogP contribution in [-0.2, 0) is 4.79 Å². The molecule has 0 saturated heterocycles. The number of rotatable bonds is 6. The zero-order valence-corrected chi connectivity index (χ0v) is 19.3. The number of aryl methyl sites for hydroxylation is 1. The molecule has 33 heavy (non-hydrogen) atoms. The van der Waals surface area contributed by atoms with Crippen LogP contribution in [0.2, 0.25) is 5.02 Å². The Hall–Kier alpha value is -3.97. The maximum Gasteiger partial charge on any atom is 0.248 e. The first-order valence-electron chi connectivity index (χ1n) is 10.4. The normalized spacial score (nSPS) is 11.0. The SMILES string of the molecule is Cc1nn(-c2ccc(Nc3ccc(NC(=O)/C=C/c4ccc(Cl)cc4)cc3)nn2)c(C)c1C. The lowest BCUT2D eigenvalue weighted by atomic mass is 10.2. The van der Waals surface area contributed by atoms with E-state index in [2.05, 4.69) is 25.9 Å². The number of amides is 1. The number of nitrogens with zero attached hydrogens (tertiary/aromatic N) is 4. The highest BCUT2D eigenvalue weighted by Crippen LogP contribution is 2.19. The summed E-state index contributed by atoms with van der Waals surface area (Å²) in [7, 11) is 0. The van der Waals surface area contributed by atoms with E-state index >= 15 is 0 Å². The Kier molecular flexibility index (Phi) is 6.51. The Morgan fingerprint density at radius 2 is 1.61 bits per heavy atom. The number of nitrogens with one attached hydrogen (secondary N) is 2. The summed E-state index contributed by atoms with van der Waals surface area (Å²) in [6.45, 7) is 6.03. The molecule has 0 unspecified atom stereocenters. The summed E-state index contributed by atoms with van der Waals surface area (Å²) < 4.78 is 1.79. The molecule has 8 heteroatoms. The van der Waals surface area contributed by atoms with Crippen molar-refractivity contribution >= 4 is 40.8 Å². The van der Waals surface area contributed by atoms with E-state index in [4.69, 9.17) is 11.6 Å². The van der Waals surface area contributed by atoms with Crippen LogP contribution in [0.3, 0.4) is 0 Å². The zero-order chi connectivity index (χ0) is 23.4. The first-order chi connectivity index (χ1) is 15.9. The van der Waals surface area contributed by atoms with Crippen LogP contribution in [-0.4, -0.2) is 25.9 Å². The third-order valence-corrected chi connectivity index (χ3v) is 5.49. The van der Waals surface area contributed by atoms with E-state index < -0.39 is 0 Å². The van der Waals surface area contributed by atoms with Gasteiger partial charge in [-0.25, -0.2) is 4.68 Å². The second-order valence-corrected chi connectivity index (χ2v) is 8.00. The second kappa shape index (κ2) is 9.67. The third-order valence-electron chi connectivity index (χ3n) is 5.24. The van der Waals surface area contributed by atoms with Gasteiger partial charge in [0.2, 0.25) is 5.91 Å². The molecular formula is C25H23ClN6O. The molecule has 166 valence electrons. The Labute approximate surface area is 197 Å². The van der Waals surface area contributed by atoms with E-state index in [1.165, 1.54) is 6.08 Å². The molecule has 0 fully saturated rings. The highest BCUT2D eigenvalue weighted by Gasteiger charge is 2.10. The van der Waals surface area contributed by atoms with Crippen molar-refractivity contribution in [2.75, 3.05) is 10.6 Å².